The lowest BCUT2D eigenvalue weighted by Gasteiger charge is -2.29. The molecule has 2 fully saturated rings. The van der Waals surface area contributed by atoms with Crippen molar-refractivity contribution in [1.29, 1.82) is 0 Å². The monoisotopic (exact) mass is 435 g/mol. The first-order valence-corrected chi connectivity index (χ1v) is 10.9. The third kappa shape index (κ3) is 4.81. The maximum atomic E-state index is 14.4. The molecule has 0 amide bonds. The normalized spacial score (nSPS) is 16.8. The molecular weight excluding hydrogens is 409 g/mol. The standard InChI is InChI=1S/C24H26FN5O2/c25-19-15-18(16-22(17-19)30-9-13-32-14-10-30)23-5-6-26-24(28-23)27-20-1-3-21(4-2-20)29-7-11-31-12-8-29/h1-6,15-17H,7-14H2,(H,26,27,28). The molecule has 2 saturated heterocycles. The number of hydrogen-bond acceptors (Lipinski definition) is 7. The van der Waals surface area contributed by atoms with Crippen LogP contribution in [0.3, 0.4) is 0 Å². The summed E-state index contributed by atoms with van der Waals surface area (Å²) in [5.74, 6) is 0.189. The molecule has 0 atom stereocenters. The highest BCUT2D eigenvalue weighted by Crippen LogP contribution is 2.27. The highest BCUT2D eigenvalue weighted by molar-refractivity contribution is 5.68. The summed E-state index contributed by atoms with van der Waals surface area (Å²) in [7, 11) is 0. The van der Waals surface area contributed by atoms with Crippen LogP contribution in [0.5, 0.6) is 0 Å². The molecule has 5 rings (SSSR count). The molecule has 32 heavy (non-hydrogen) atoms. The number of hydrogen-bond donors (Lipinski definition) is 1. The maximum Gasteiger partial charge on any atom is 0.227 e. The Morgan fingerprint density at radius 3 is 2.12 bits per heavy atom. The molecule has 2 aliphatic heterocycles. The Hall–Kier alpha value is -3.23. The van der Waals surface area contributed by atoms with Crippen molar-refractivity contribution in [2.24, 2.45) is 0 Å². The van der Waals surface area contributed by atoms with Gasteiger partial charge >= 0.3 is 0 Å². The number of rotatable bonds is 5. The summed E-state index contributed by atoms with van der Waals surface area (Å²) in [6.07, 6.45) is 1.69. The Balaban J connectivity index is 1.33. The van der Waals surface area contributed by atoms with Crippen LogP contribution >= 0.6 is 0 Å². The summed E-state index contributed by atoms with van der Waals surface area (Å²) in [5, 5.41) is 3.25. The molecule has 2 aromatic carbocycles. The quantitative estimate of drug-likeness (QED) is 0.656. The summed E-state index contributed by atoms with van der Waals surface area (Å²) in [5.41, 5.74) is 4.30. The predicted octanol–water partition coefficient (Wildman–Crippen LogP) is 3.70. The van der Waals surface area contributed by atoms with Gasteiger partial charge < -0.3 is 24.6 Å². The van der Waals surface area contributed by atoms with Gasteiger partial charge in [0.1, 0.15) is 5.82 Å². The van der Waals surface area contributed by atoms with Gasteiger partial charge in [0, 0.05) is 55.0 Å². The molecule has 0 spiro atoms. The van der Waals surface area contributed by atoms with Crippen LogP contribution in [-0.2, 0) is 9.47 Å². The van der Waals surface area contributed by atoms with E-state index in [4.69, 9.17) is 9.47 Å². The van der Waals surface area contributed by atoms with Crippen LogP contribution in [0.1, 0.15) is 0 Å². The smallest absolute Gasteiger partial charge is 0.227 e. The molecule has 0 radical (unpaired) electrons. The fourth-order valence-corrected chi connectivity index (χ4v) is 4.01. The topological polar surface area (TPSA) is 62.8 Å². The van der Waals surface area contributed by atoms with E-state index in [1.807, 2.05) is 18.2 Å². The molecule has 1 N–H and O–H groups in total. The van der Waals surface area contributed by atoms with Crippen molar-refractivity contribution in [1.82, 2.24) is 9.97 Å². The van der Waals surface area contributed by atoms with Gasteiger partial charge in [-0.15, -0.1) is 0 Å². The van der Waals surface area contributed by atoms with Gasteiger partial charge in [-0.05, 0) is 48.5 Å². The van der Waals surface area contributed by atoms with E-state index in [2.05, 4.69) is 37.2 Å². The second kappa shape index (κ2) is 9.50. The number of aromatic nitrogens is 2. The minimum atomic E-state index is -0.282. The molecule has 3 aromatic rings. The lowest BCUT2D eigenvalue weighted by atomic mass is 10.1. The lowest BCUT2D eigenvalue weighted by Crippen LogP contribution is -2.36. The maximum absolute atomic E-state index is 14.4. The number of nitrogens with one attached hydrogen (secondary N) is 1. The molecule has 166 valence electrons. The first-order chi connectivity index (χ1) is 15.7. The first-order valence-electron chi connectivity index (χ1n) is 10.9. The van der Waals surface area contributed by atoms with Crippen molar-refractivity contribution < 1.29 is 13.9 Å². The van der Waals surface area contributed by atoms with Crippen molar-refractivity contribution in [3.8, 4) is 11.3 Å². The first kappa shape index (κ1) is 20.7. The molecule has 3 heterocycles. The van der Waals surface area contributed by atoms with Crippen LogP contribution in [0.25, 0.3) is 11.3 Å². The van der Waals surface area contributed by atoms with Crippen molar-refractivity contribution >= 4 is 23.0 Å². The van der Waals surface area contributed by atoms with E-state index < -0.39 is 0 Å². The van der Waals surface area contributed by atoms with Crippen molar-refractivity contribution in [3.05, 3.63) is 60.5 Å². The minimum absolute atomic E-state index is 0.282. The predicted molar refractivity (Wildman–Crippen MR) is 123 cm³/mol. The van der Waals surface area contributed by atoms with Crippen LogP contribution in [0.4, 0.5) is 27.4 Å². The van der Waals surface area contributed by atoms with E-state index in [0.29, 0.717) is 24.9 Å². The minimum Gasteiger partial charge on any atom is -0.378 e. The van der Waals surface area contributed by atoms with E-state index in [-0.39, 0.29) is 5.82 Å². The van der Waals surface area contributed by atoms with E-state index in [0.717, 1.165) is 56.3 Å². The van der Waals surface area contributed by atoms with Gasteiger partial charge in [-0.1, -0.05) is 0 Å². The van der Waals surface area contributed by atoms with E-state index in [1.165, 1.54) is 11.8 Å². The zero-order valence-corrected chi connectivity index (χ0v) is 17.8. The number of halogens is 1. The second-order valence-electron chi connectivity index (χ2n) is 7.83. The molecule has 8 heteroatoms. The van der Waals surface area contributed by atoms with E-state index in [9.17, 15) is 4.39 Å². The molecule has 0 saturated carbocycles. The third-order valence-electron chi connectivity index (χ3n) is 5.71. The lowest BCUT2D eigenvalue weighted by molar-refractivity contribution is 0.122. The van der Waals surface area contributed by atoms with Crippen LogP contribution in [-0.4, -0.2) is 62.6 Å². The van der Waals surface area contributed by atoms with Crippen LogP contribution in [0, 0.1) is 5.82 Å². The highest BCUT2D eigenvalue weighted by Gasteiger charge is 2.15. The number of morpholine rings is 2. The largest absolute Gasteiger partial charge is 0.378 e. The number of anilines is 4. The molecule has 0 aliphatic carbocycles. The molecule has 0 unspecified atom stereocenters. The average molecular weight is 436 g/mol. The summed E-state index contributed by atoms with van der Waals surface area (Å²) >= 11 is 0. The average Bonchev–Trinajstić information content (AvgIpc) is 2.85. The molecule has 2 aliphatic rings. The fraction of sp³-hybridized carbons (Fsp3) is 0.333. The number of nitrogens with zero attached hydrogens (tertiary/aromatic N) is 4. The Morgan fingerprint density at radius 2 is 1.44 bits per heavy atom. The molecule has 7 nitrogen and oxygen atoms in total. The zero-order chi connectivity index (χ0) is 21.8. The van der Waals surface area contributed by atoms with E-state index in [1.54, 1.807) is 18.3 Å². The number of ether oxygens (including phenoxy) is 2. The fourth-order valence-electron chi connectivity index (χ4n) is 4.01. The van der Waals surface area contributed by atoms with Gasteiger partial charge in [0.15, 0.2) is 0 Å². The second-order valence-corrected chi connectivity index (χ2v) is 7.83. The van der Waals surface area contributed by atoms with Gasteiger partial charge in [-0.25, -0.2) is 14.4 Å². The number of benzene rings is 2. The Kier molecular flexibility index (Phi) is 6.13. The Morgan fingerprint density at radius 1 is 0.781 bits per heavy atom. The summed E-state index contributed by atoms with van der Waals surface area (Å²) in [6.45, 7) is 6.12. The Bertz CT molecular complexity index is 1050. The van der Waals surface area contributed by atoms with Crippen molar-refractivity contribution in [2.75, 3.05) is 67.7 Å². The van der Waals surface area contributed by atoms with Crippen LogP contribution in [0.15, 0.2) is 54.7 Å². The van der Waals surface area contributed by atoms with Crippen LogP contribution in [0.2, 0.25) is 0 Å². The molecular formula is C24H26FN5O2. The Labute approximate surface area is 186 Å². The van der Waals surface area contributed by atoms with Gasteiger partial charge in [0.25, 0.3) is 0 Å². The van der Waals surface area contributed by atoms with Gasteiger partial charge in [0.2, 0.25) is 5.95 Å². The zero-order valence-electron chi connectivity index (χ0n) is 17.8. The van der Waals surface area contributed by atoms with Crippen molar-refractivity contribution in [2.45, 2.75) is 0 Å². The molecule has 1 aromatic heterocycles. The van der Waals surface area contributed by atoms with Gasteiger partial charge in [0.05, 0.1) is 32.1 Å². The summed E-state index contributed by atoms with van der Waals surface area (Å²) in [4.78, 5) is 13.4. The van der Waals surface area contributed by atoms with Gasteiger partial charge in [-0.2, -0.15) is 0 Å². The van der Waals surface area contributed by atoms with Crippen LogP contribution < -0.4 is 15.1 Å². The third-order valence-corrected chi connectivity index (χ3v) is 5.71. The summed E-state index contributed by atoms with van der Waals surface area (Å²) < 4.78 is 25.2. The molecule has 0 bridgehead atoms. The summed E-state index contributed by atoms with van der Waals surface area (Å²) in [6, 6.07) is 15.0. The van der Waals surface area contributed by atoms with E-state index >= 15 is 0 Å². The SMILES string of the molecule is Fc1cc(-c2ccnc(Nc3ccc(N4CCOCC4)cc3)n2)cc(N2CCOCC2)c1. The van der Waals surface area contributed by atoms with Crippen molar-refractivity contribution in [3.63, 3.8) is 0 Å². The highest BCUT2D eigenvalue weighted by atomic mass is 19.1. The van der Waals surface area contributed by atoms with Gasteiger partial charge in [-0.3, -0.25) is 0 Å².